The fourth-order valence-corrected chi connectivity index (χ4v) is 14.6. The molecule has 4 aromatic carbocycles. The first-order valence-electron chi connectivity index (χ1n) is 31.7. The molecule has 0 saturated carbocycles. The van der Waals surface area contributed by atoms with Gasteiger partial charge in [0.05, 0.1) is 52.9 Å². The molecule has 660 valence electrons. The van der Waals surface area contributed by atoms with Gasteiger partial charge in [-0.15, -0.1) is 3.63 Å². The van der Waals surface area contributed by atoms with Crippen molar-refractivity contribution in [3.05, 3.63) is 144 Å². The minimum absolute atomic E-state index is 0. The Morgan fingerprint density at radius 2 is 0.564 bits per heavy atom. The summed E-state index contributed by atoms with van der Waals surface area (Å²) in [4.78, 5) is 0. The van der Waals surface area contributed by atoms with Crippen molar-refractivity contribution in [3.63, 3.8) is 0 Å². The molecule has 8 fully saturated rings. The van der Waals surface area contributed by atoms with E-state index in [0.29, 0.717) is 23.3 Å². The molecule has 59 heteroatoms. The fraction of sp³-hybridized carbons (Fsp3) is 0.586. The van der Waals surface area contributed by atoms with E-state index in [2.05, 4.69) is 16.7 Å². The molecular formula is C58H58CsF21O31S6. The van der Waals surface area contributed by atoms with E-state index >= 15 is 0 Å². The van der Waals surface area contributed by atoms with Gasteiger partial charge < -0.3 is 71.8 Å². The Morgan fingerprint density at radius 3 is 0.906 bits per heavy atom. The number of aliphatic hydroxyl groups excluding tert-OH is 2. The first-order chi connectivity index (χ1) is 53.0. The van der Waals surface area contributed by atoms with Gasteiger partial charge in [-0.25, -0.2) is 8.78 Å². The van der Waals surface area contributed by atoms with Crippen molar-refractivity contribution in [2.75, 3.05) is 52.9 Å². The molecular weight excluding hydrogens is 1920 g/mol. The van der Waals surface area contributed by atoms with E-state index in [0.717, 1.165) is 5.56 Å². The number of ether oxygens (including phenoxy) is 12. The maximum atomic E-state index is 14.6. The average molecular weight is 1980 g/mol. The van der Waals surface area contributed by atoms with Gasteiger partial charge in [-0.1, -0.05) is 121 Å². The van der Waals surface area contributed by atoms with E-state index < -0.39 is 230 Å². The third-order valence-electron chi connectivity index (χ3n) is 16.0. The molecule has 4 unspecified atom stereocenters. The quantitative estimate of drug-likeness (QED) is 0.101. The Morgan fingerprint density at radius 1 is 0.308 bits per heavy atom. The van der Waals surface area contributed by atoms with Crippen LogP contribution in [-0.2, 0) is 138 Å². The van der Waals surface area contributed by atoms with Gasteiger partial charge in [0.1, 0.15) is 85.5 Å². The number of hydrogen-bond acceptors (Lipinski definition) is 31. The molecule has 0 spiro atoms. The Labute approximate surface area is 706 Å². The van der Waals surface area contributed by atoms with Crippen molar-refractivity contribution in [3.8, 4) is 0 Å². The van der Waals surface area contributed by atoms with Crippen LogP contribution in [0.4, 0.5) is 87.8 Å². The predicted octanol–water partition coefficient (Wildman–Crippen LogP) is 1.05. The largest absolute Gasteiger partial charge is 1.00 e. The zero-order chi connectivity index (χ0) is 85.7. The topological polar surface area (TPSA) is 402 Å². The predicted molar refractivity (Wildman–Crippen MR) is 331 cm³/mol. The monoisotopic (exact) mass is 1970 g/mol. The van der Waals surface area contributed by atoms with E-state index in [-0.39, 0.29) is 106 Å². The number of rotatable bonds is 14. The van der Waals surface area contributed by atoms with Crippen LogP contribution in [0, 0.1) is 0 Å². The van der Waals surface area contributed by atoms with Crippen molar-refractivity contribution in [1.29, 1.82) is 0 Å². The summed E-state index contributed by atoms with van der Waals surface area (Å²) in [5.74, 6) is 0. The van der Waals surface area contributed by atoms with Crippen LogP contribution in [0.5, 0.6) is 0 Å². The summed E-state index contributed by atoms with van der Waals surface area (Å²) < 4.78 is 462. The molecule has 0 aliphatic carbocycles. The maximum Gasteiger partial charge on any atom is 1.00 e. The Bertz CT molecular complexity index is 4500. The molecule has 2 N–H and O–H groups in total. The summed E-state index contributed by atoms with van der Waals surface area (Å²) in [5.41, 5.74) is -33.4. The molecule has 0 bridgehead atoms. The van der Waals surface area contributed by atoms with Gasteiger partial charge in [-0.05, 0) is 0 Å². The Balaban J connectivity index is 0.000000231. The van der Waals surface area contributed by atoms with Crippen LogP contribution in [0.25, 0.3) is 0 Å². The van der Waals surface area contributed by atoms with Crippen LogP contribution in [0.1, 0.15) is 47.4 Å². The van der Waals surface area contributed by atoms with Crippen molar-refractivity contribution in [2.45, 2.75) is 156 Å². The number of aliphatic hydroxyl groups is 2. The standard InChI is InChI=1S/C15H14F6O9S2.2C14H14F4O6S.C13H16O5.C2F6O5S2.Cs.FH/c16-14(17,18)31(22,23)29-10-7-26-9-6-27-13(8-4-2-1-3-5-8)28-11(9)12(10)30-32(24,25)15(19,20)21;15-11-9(24-25(19,20)14(16,17)18)6-21-10-7-22-13(23-12(10)11)8-4-2-1-3-5-8;15-9-6-21-10-7-22-13(8-4-2-1-3-5-8)23-12(10)11(9)24-25(19,20)14(16,17)18;14-9-6-16-10-7-17-13(18-12(10)11(9)15)8-4-2-1-3-5-8;3-1(4,5)14(9,10)13-15(11,12)2(6,7)8;;/h1-5,9-13H,6-7H2;2*1-5,9-13H,6-7H2;1-5,9-15H,6-7H2;;;1H/q;;;;;+1;/p-1/t9-,10+,11?,12-,13-;9-,10+,11-,12?,13+;9-,10-,11-,12?,13-;9-,10+,11+,12?,13+;;;/m1010.../s1. The second-order valence-electron chi connectivity index (χ2n) is 24.1. The number of halogens is 21. The summed E-state index contributed by atoms with van der Waals surface area (Å²) >= 11 is 0. The van der Waals surface area contributed by atoms with Crippen LogP contribution in [-0.4, -0.2) is 244 Å². The number of fused-ring (bicyclic) bond motifs is 4. The van der Waals surface area contributed by atoms with Gasteiger partial charge in [0.2, 0.25) is 0 Å². The minimum Gasteiger partial charge on any atom is -1.00 e. The normalized spacial score (nSPS) is 30.8. The molecule has 8 heterocycles. The smallest absolute Gasteiger partial charge is 1.00 e. The number of benzene rings is 4. The van der Waals surface area contributed by atoms with Crippen LogP contribution in [0.15, 0.2) is 121 Å². The Hall–Kier alpha value is -3.60. The molecule has 4 aromatic rings. The number of alkyl halides is 20. The third-order valence-corrected chi connectivity index (χ3v) is 22.8. The molecule has 0 amide bonds. The van der Waals surface area contributed by atoms with E-state index in [4.69, 9.17) is 56.8 Å². The molecule has 0 radical (unpaired) electrons. The summed E-state index contributed by atoms with van der Waals surface area (Å²) in [6.07, 6.45) is -27.1. The summed E-state index contributed by atoms with van der Waals surface area (Å²) in [6, 6.07) is 34.1. The van der Waals surface area contributed by atoms with Crippen molar-refractivity contribution < 1.29 is 299 Å². The van der Waals surface area contributed by atoms with Gasteiger partial charge >= 0.3 is 163 Å². The molecule has 0 aromatic heterocycles. The molecule has 12 rings (SSSR count). The molecule has 8 aliphatic heterocycles. The SMILES string of the molecule is O=S(=O)(OS(=O)(=O)C(F)(F)F)C(F)(F)F.O=S(=O)(O[C@H]1C2O[C@H](c3ccccc3)OC[C@H]2OC[C@H]1F)C(F)(F)F.O=S(=O)(O[C@H]1CO[C@@H]2CO[C@@H](c3ccccc3)OC2[C@@H]1OS(=O)(=O)C(F)(F)F)C(F)(F)F.O=S(=O)(O[C@H]1CO[C@@H]2CO[C@@H](c3ccccc3)OC2[C@H]1F)C(F)(F)F.O[C@H]1CO[C@@H]2CO[C@@H](c3ccccc3)OC2[C@@H]1O.[Cs+].[F-]. The van der Waals surface area contributed by atoms with Crippen molar-refractivity contribution in [2.24, 2.45) is 0 Å². The molecule has 117 heavy (non-hydrogen) atoms. The van der Waals surface area contributed by atoms with Crippen molar-refractivity contribution >= 4 is 60.7 Å². The average Bonchev–Trinajstić information content (AvgIpc) is 0.770. The molecule has 20 atom stereocenters. The first-order valence-corrected chi connectivity index (χ1v) is 40.1. The van der Waals surface area contributed by atoms with E-state index in [1.807, 2.05) is 34.0 Å². The Kier molecular flexibility index (Phi) is 35.4. The van der Waals surface area contributed by atoms with Crippen molar-refractivity contribution in [1.82, 2.24) is 0 Å². The zero-order valence-electron chi connectivity index (χ0n) is 57.9. The van der Waals surface area contributed by atoms with Gasteiger partial charge in [-0.2, -0.15) is 130 Å². The number of hydrogen-bond donors (Lipinski definition) is 2. The fourth-order valence-electron chi connectivity index (χ4n) is 10.6. The summed E-state index contributed by atoms with van der Waals surface area (Å²) in [6.45, 7) is -2.42. The maximum absolute atomic E-state index is 14.6. The second kappa shape index (κ2) is 40.6. The van der Waals surface area contributed by atoms with Crippen LogP contribution in [0.3, 0.4) is 0 Å². The van der Waals surface area contributed by atoms with Crippen LogP contribution >= 0.6 is 0 Å². The van der Waals surface area contributed by atoms with Gasteiger partial charge in [0.15, 0.2) is 37.5 Å². The van der Waals surface area contributed by atoms with Crippen LogP contribution < -0.4 is 73.6 Å². The summed E-state index contributed by atoms with van der Waals surface area (Å²) in [5, 5.41) is 19.5. The molecule has 8 aliphatic rings. The second-order valence-corrected chi connectivity index (χ2v) is 33.6. The summed E-state index contributed by atoms with van der Waals surface area (Å²) in [7, 11) is -38.3. The minimum atomic E-state index is -6.85. The third kappa shape index (κ3) is 26.3. The van der Waals surface area contributed by atoms with E-state index in [1.165, 1.54) is 12.1 Å². The van der Waals surface area contributed by atoms with Gasteiger partial charge in [-0.3, -0.25) is 16.7 Å². The van der Waals surface area contributed by atoms with Gasteiger partial charge in [0.25, 0.3) is 0 Å². The van der Waals surface area contributed by atoms with Crippen LogP contribution in [0.2, 0.25) is 0 Å². The van der Waals surface area contributed by atoms with Gasteiger partial charge in [0, 0.05) is 22.3 Å². The van der Waals surface area contributed by atoms with E-state index in [9.17, 15) is 149 Å². The molecule has 31 nitrogen and oxygen atoms in total. The van der Waals surface area contributed by atoms with E-state index in [1.54, 1.807) is 78.9 Å². The first kappa shape index (κ1) is 102. The zero-order valence-corrected chi connectivity index (χ0v) is 69.1. The molecule has 8 saturated heterocycles.